The summed E-state index contributed by atoms with van der Waals surface area (Å²) in [5.74, 6) is -0.730. The minimum Gasteiger partial charge on any atom is -0.385 e. The number of hydrogen-bond donors (Lipinski definition) is 2. The average molecular weight is 567 g/mol. The van der Waals surface area contributed by atoms with E-state index in [0.717, 1.165) is 54.2 Å². The second-order valence-corrected chi connectivity index (χ2v) is 12.1. The van der Waals surface area contributed by atoms with E-state index in [1.54, 1.807) is 18.2 Å². The number of imide groups is 2. The van der Waals surface area contributed by atoms with Crippen LogP contribution >= 0.6 is 0 Å². The Morgan fingerprint density at radius 1 is 0.976 bits per heavy atom. The van der Waals surface area contributed by atoms with Crippen molar-refractivity contribution in [1.29, 1.82) is 0 Å². The number of benzene rings is 1. The van der Waals surface area contributed by atoms with Gasteiger partial charge in [0.25, 0.3) is 11.8 Å². The number of piperidine rings is 1. The van der Waals surface area contributed by atoms with Gasteiger partial charge >= 0.3 is 0 Å². The lowest BCUT2D eigenvalue weighted by atomic mass is 9.77. The fourth-order valence-corrected chi connectivity index (χ4v) is 6.50. The molecule has 4 heterocycles. The number of nitrogens with one attached hydrogen (secondary N) is 2. The number of pyridine rings is 1. The Morgan fingerprint density at radius 2 is 1.79 bits per heavy atom. The standard InChI is InChI=1S/C32H34N6O4/c1-18-4-2-6-26(34-18)25-17-37(36-29(25)20-7-8-20)22-14-19(15-22)5-3-13-33-21-9-10-23-24(16-21)32(42)38(31(23)41)27-11-12-28(39)35-30(27)40/h2,4,6,9-10,16-17,19-20,22,27,33H,3,5,7-8,11-15H2,1H3,(H,35,39,40). The highest BCUT2D eigenvalue weighted by Crippen LogP contribution is 2.46. The second kappa shape index (κ2) is 10.5. The van der Waals surface area contributed by atoms with Crippen LogP contribution in [0, 0.1) is 12.8 Å². The maximum atomic E-state index is 13.1. The molecule has 10 heteroatoms. The van der Waals surface area contributed by atoms with E-state index in [1.807, 2.05) is 13.0 Å². The average Bonchev–Trinajstić information content (AvgIpc) is 3.66. The zero-order valence-electron chi connectivity index (χ0n) is 23.6. The predicted molar refractivity (Wildman–Crippen MR) is 155 cm³/mol. The molecule has 2 aromatic heterocycles. The summed E-state index contributed by atoms with van der Waals surface area (Å²) in [7, 11) is 0. The van der Waals surface area contributed by atoms with Crippen LogP contribution in [0.2, 0.25) is 0 Å². The highest BCUT2D eigenvalue weighted by molar-refractivity contribution is 6.23. The van der Waals surface area contributed by atoms with Crippen LogP contribution in [0.5, 0.6) is 0 Å². The van der Waals surface area contributed by atoms with Gasteiger partial charge in [-0.25, -0.2) is 0 Å². The van der Waals surface area contributed by atoms with Crippen LogP contribution in [0.1, 0.15) is 95.4 Å². The van der Waals surface area contributed by atoms with E-state index in [1.165, 1.54) is 24.1 Å². The molecule has 2 N–H and O–H groups in total. The van der Waals surface area contributed by atoms with Crippen molar-refractivity contribution in [1.82, 2.24) is 25.0 Å². The van der Waals surface area contributed by atoms with Crippen LogP contribution in [0.4, 0.5) is 5.69 Å². The first-order valence-corrected chi connectivity index (χ1v) is 15.0. The predicted octanol–water partition coefficient (Wildman–Crippen LogP) is 4.38. The Balaban J connectivity index is 0.911. The molecular formula is C32H34N6O4. The van der Waals surface area contributed by atoms with Crippen molar-refractivity contribution in [3.8, 4) is 11.3 Å². The van der Waals surface area contributed by atoms with Crippen LogP contribution in [0.15, 0.2) is 42.6 Å². The van der Waals surface area contributed by atoms with Gasteiger partial charge in [0, 0.05) is 42.0 Å². The molecule has 0 spiro atoms. The van der Waals surface area contributed by atoms with Crippen molar-refractivity contribution < 1.29 is 19.2 Å². The normalized spacial score (nSPS) is 23.5. The molecule has 3 aromatic rings. The number of nitrogens with zero attached hydrogens (tertiary/aromatic N) is 4. The number of fused-ring (bicyclic) bond motifs is 1. The monoisotopic (exact) mass is 566 g/mol. The number of amides is 4. The molecule has 3 fully saturated rings. The van der Waals surface area contributed by atoms with Crippen molar-refractivity contribution in [2.45, 2.75) is 76.3 Å². The molecule has 4 aliphatic rings. The van der Waals surface area contributed by atoms with Crippen molar-refractivity contribution in [2.24, 2.45) is 5.92 Å². The molecule has 1 aromatic carbocycles. The van der Waals surface area contributed by atoms with Gasteiger partial charge in [0.2, 0.25) is 11.8 Å². The summed E-state index contributed by atoms with van der Waals surface area (Å²) in [6.07, 6.45) is 9.23. The first kappa shape index (κ1) is 26.6. The first-order chi connectivity index (χ1) is 20.4. The van der Waals surface area contributed by atoms with Gasteiger partial charge in [-0.15, -0.1) is 0 Å². The summed E-state index contributed by atoms with van der Waals surface area (Å²) in [6.45, 7) is 2.79. The van der Waals surface area contributed by atoms with Gasteiger partial charge in [-0.2, -0.15) is 5.10 Å². The summed E-state index contributed by atoms with van der Waals surface area (Å²) in [4.78, 5) is 55.5. The third kappa shape index (κ3) is 4.88. The number of rotatable bonds is 9. The highest BCUT2D eigenvalue weighted by atomic mass is 16.2. The summed E-state index contributed by atoms with van der Waals surface area (Å²) >= 11 is 0. The molecule has 216 valence electrons. The SMILES string of the molecule is Cc1cccc(-c2cn(C3CC(CCCNc4ccc5c(c4)C(=O)N(C4CCC(=O)NC4=O)C5=O)C3)nc2C2CC2)n1. The Hall–Kier alpha value is -4.34. The zero-order chi connectivity index (χ0) is 29.0. The Bertz CT molecular complexity index is 1600. The molecule has 4 amide bonds. The molecule has 0 radical (unpaired) electrons. The van der Waals surface area contributed by atoms with Gasteiger partial charge in [0.15, 0.2) is 0 Å². The number of aryl methyl sites for hydroxylation is 1. The van der Waals surface area contributed by atoms with E-state index in [2.05, 4.69) is 33.6 Å². The number of carbonyl (C=O) groups excluding carboxylic acids is 4. The van der Waals surface area contributed by atoms with Crippen LogP contribution in [0.3, 0.4) is 0 Å². The number of carbonyl (C=O) groups is 4. The van der Waals surface area contributed by atoms with E-state index in [9.17, 15) is 19.2 Å². The molecule has 1 atom stereocenters. The third-order valence-electron chi connectivity index (χ3n) is 9.03. The van der Waals surface area contributed by atoms with Gasteiger partial charge < -0.3 is 5.32 Å². The van der Waals surface area contributed by atoms with Crippen molar-refractivity contribution >= 4 is 29.3 Å². The van der Waals surface area contributed by atoms with Gasteiger partial charge in [-0.05, 0) is 88.1 Å². The quantitative estimate of drug-likeness (QED) is 0.291. The smallest absolute Gasteiger partial charge is 0.262 e. The minimum atomic E-state index is -0.953. The second-order valence-electron chi connectivity index (χ2n) is 12.1. The number of anilines is 1. The first-order valence-electron chi connectivity index (χ1n) is 15.0. The maximum Gasteiger partial charge on any atom is 0.262 e. The Kier molecular flexibility index (Phi) is 6.63. The van der Waals surface area contributed by atoms with Crippen LogP contribution in [-0.2, 0) is 9.59 Å². The van der Waals surface area contributed by atoms with Gasteiger partial charge in [0.1, 0.15) is 6.04 Å². The van der Waals surface area contributed by atoms with E-state index in [0.29, 0.717) is 29.0 Å². The lowest BCUT2D eigenvalue weighted by Crippen LogP contribution is -2.54. The molecule has 1 saturated heterocycles. The molecule has 42 heavy (non-hydrogen) atoms. The Morgan fingerprint density at radius 3 is 2.55 bits per heavy atom. The van der Waals surface area contributed by atoms with Crippen molar-refractivity contribution in [2.75, 3.05) is 11.9 Å². The fraction of sp³-hybridized carbons (Fsp3) is 0.438. The van der Waals surface area contributed by atoms with Crippen LogP contribution in [0.25, 0.3) is 11.3 Å². The van der Waals surface area contributed by atoms with Gasteiger partial charge in [0.05, 0.1) is 28.6 Å². The summed E-state index contributed by atoms with van der Waals surface area (Å²) < 4.78 is 2.18. The van der Waals surface area contributed by atoms with Crippen LogP contribution in [-0.4, -0.2) is 55.9 Å². The third-order valence-corrected chi connectivity index (χ3v) is 9.03. The lowest BCUT2D eigenvalue weighted by molar-refractivity contribution is -0.136. The van der Waals surface area contributed by atoms with E-state index in [-0.39, 0.29) is 18.7 Å². The summed E-state index contributed by atoms with van der Waals surface area (Å²) in [6, 6.07) is 10.8. The van der Waals surface area contributed by atoms with Gasteiger partial charge in [-0.1, -0.05) is 6.07 Å². The number of hydrogen-bond acceptors (Lipinski definition) is 7. The van der Waals surface area contributed by atoms with E-state index < -0.39 is 23.8 Å². The molecule has 10 nitrogen and oxygen atoms in total. The van der Waals surface area contributed by atoms with Crippen molar-refractivity contribution in [3.63, 3.8) is 0 Å². The summed E-state index contributed by atoms with van der Waals surface area (Å²) in [5, 5.41) is 10.6. The minimum absolute atomic E-state index is 0.105. The van der Waals surface area contributed by atoms with Crippen LogP contribution < -0.4 is 10.6 Å². The topological polar surface area (TPSA) is 126 Å². The summed E-state index contributed by atoms with van der Waals surface area (Å²) in [5.41, 5.74) is 5.79. The largest absolute Gasteiger partial charge is 0.385 e. The number of aromatic nitrogens is 3. The Labute approximate surface area is 243 Å². The van der Waals surface area contributed by atoms with E-state index >= 15 is 0 Å². The fourth-order valence-electron chi connectivity index (χ4n) is 6.50. The zero-order valence-corrected chi connectivity index (χ0v) is 23.6. The van der Waals surface area contributed by atoms with Crippen molar-refractivity contribution in [3.05, 3.63) is 65.1 Å². The molecule has 0 bridgehead atoms. The highest BCUT2D eigenvalue weighted by Gasteiger charge is 2.44. The maximum absolute atomic E-state index is 13.1. The molecule has 2 saturated carbocycles. The van der Waals surface area contributed by atoms with Gasteiger partial charge in [-0.3, -0.25) is 39.1 Å². The molecule has 2 aliphatic carbocycles. The van der Waals surface area contributed by atoms with E-state index in [4.69, 9.17) is 10.1 Å². The molecular weight excluding hydrogens is 532 g/mol. The molecule has 7 rings (SSSR count). The molecule has 2 aliphatic heterocycles. The molecule has 1 unspecified atom stereocenters. The lowest BCUT2D eigenvalue weighted by Gasteiger charge is -2.35.